The van der Waals surface area contributed by atoms with E-state index in [4.69, 9.17) is 5.11 Å². The maximum Gasteiger partial charge on any atom is 0.320 e. The lowest BCUT2D eigenvalue weighted by Gasteiger charge is -2.13. The van der Waals surface area contributed by atoms with Gasteiger partial charge in [-0.15, -0.1) is 0 Å². The molecule has 3 nitrogen and oxygen atoms in total. The first-order valence-electron chi connectivity index (χ1n) is 6.24. The van der Waals surface area contributed by atoms with Crippen molar-refractivity contribution in [2.24, 2.45) is 0 Å². The summed E-state index contributed by atoms with van der Waals surface area (Å²) >= 11 is 0. The molecule has 0 saturated heterocycles. The molecule has 0 aromatic heterocycles. The molecule has 0 aliphatic carbocycles. The Kier molecular flexibility index (Phi) is 6.33. The number of hydrogen-bond donors (Lipinski definition) is 2. The van der Waals surface area contributed by atoms with Gasteiger partial charge in [0.2, 0.25) is 0 Å². The molecule has 1 atom stereocenters. The highest BCUT2D eigenvalue weighted by molar-refractivity contribution is 5.73. The zero-order valence-corrected chi connectivity index (χ0v) is 10.4. The minimum Gasteiger partial charge on any atom is -0.480 e. The van der Waals surface area contributed by atoms with Crippen LogP contribution in [0.2, 0.25) is 0 Å². The summed E-state index contributed by atoms with van der Waals surface area (Å²) in [5.41, 5.74) is 1.30. The van der Waals surface area contributed by atoms with Crippen LogP contribution in [-0.2, 0) is 11.2 Å². The van der Waals surface area contributed by atoms with Crippen LogP contribution in [0.1, 0.15) is 31.7 Å². The van der Waals surface area contributed by atoms with Gasteiger partial charge in [-0.2, -0.15) is 0 Å². The molecule has 1 aromatic carbocycles. The molecular weight excluding hydrogens is 214 g/mol. The molecule has 2 N–H and O–H groups in total. The van der Waals surface area contributed by atoms with Crippen LogP contribution in [0.5, 0.6) is 0 Å². The number of carboxylic acid groups (broad SMARTS) is 1. The minimum atomic E-state index is -0.744. The monoisotopic (exact) mass is 235 g/mol. The van der Waals surface area contributed by atoms with E-state index in [0.29, 0.717) is 6.42 Å². The normalized spacial score (nSPS) is 12.3. The molecule has 0 saturated carbocycles. The third kappa shape index (κ3) is 5.50. The van der Waals surface area contributed by atoms with E-state index >= 15 is 0 Å². The molecule has 0 radical (unpaired) electrons. The number of carbonyl (C=O) groups is 1. The maximum absolute atomic E-state index is 10.9. The number of hydrogen-bond acceptors (Lipinski definition) is 2. The van der Waals surface area contributed by atoms with Crippen molar-refractivity contribution in [3.05, 3.63) is 35.9 Å². The Morgan fingerprint density at radius 3 is 2.65 bits per heavy atom. The van der Waals surface area contributed by atoms with Gasteiger partial charge in [0.1, 0.15) is 6.04 Å². The molecule has 0 fully saturated rings. The van der Waals surface area contributed by atoms with E-state index in [2.05, 4.69) is 17.4 Å². The quantitative estimate of drug-likeness (QED) is 0.680. The highest BCUT2D eigenvalue weighted by Gasteiger charge is 2.14. The molecule has 0 aliphatic rings. The molecule has 94 valence electrons. The molecule has 1 aromatic rings. The fraction of sp³-hybridized carbons (Fsp3) is 0.500. The number of nitrogens with one attached hydrogen (secondary N) is 1. The summed E-state index contributed by atoms with van der Waals surface area (Å²) < 4.78 is 0. The van der Waals surface area contributed by atoms with Crippen molar-refractivity contribution < 1.29 is 9.90 Å². The van der Waals surface area contributed by atoms with Crippen LogP contribution in [0.3, 0.4) is 0 Å². The van der Waals surface area contributed by atoms with E-state index in [-0.39, 0.29) is 0 Å². The molecular formula is C14H21NO2. The van der Waals surface area contributed by atoms with E-state index in [1.54, 1.807) is 0 Å². The van der Waals surface area contributed by atoms with Gasteiger partial charge in [-0.1, -0.05) is 43.7 Å². The largest absolute Gasteiger partial charge is 0.480 e. The van der Waals surface area contributed by atoms with Gasteiger partial charge in [-0.3, -0.25) is 4.79 Å². The van der Waals surface area contributed by atoms with E-state index < -0.39 is 12.0 Å². The first-order valence-corrected chi connectivity index (χ1v) is 6.24. The lowest BCUT2D eigenvalue weighted by atomic mass is 10.1. The second-order valence-electron chi connectivity index (χ2n) is 4.22. The Hall–Kier alpha value is -1.35. The summed E-state index contributed by atoms with van der Waals surface area (Å²) in [5, 5.41) is 12.0. The Morgan fingerprint density at radius 2 is 2.06 bits per heavy atom. The lowest BCUT2D eigenvalue weighted by molar-refractivity contribution is -0.139. The van der Waals surface area contributed by atoms with Crippen LogP contribution in [0, 0.1) is 0 Å². The molecule has 0 spiro atoms. The van der Waals surface area contributed by atoms with Gasteiger partial charge >= 0.3 is 5.97 Å². The SMILES string of the molecule is CCCC(NCCCc1ccccc1)C(=O)O. The van der Waals surface area contributed by atoms with E-state index in [9.17, 15) is 4.79 Å². The standard InChI is InChI=1S/C14H21NO2/c1-2-7-13(14(16)17)15-11-6-10-12-8-4-3-5-9-12/h3-5,8-9,13,15H,2,6-7,10-11H2,1H3,(H,16,17). The van der Waals surface area contributed by atoms with Gasteiger partial charge in [0.05, 0.1) is 0 Å². The zero-order valence-electron chi connectivity index (χ0n) is 10.4. The van der Waals surface area contributed by atoms with Crippen molar-refractivity contribution in [2.45, 2.75) is 38.6 Å². The minimum absolute atomic E-state index is 0.393. The Labute approximate surface area is 103 Å². The summed E-state index contributed by atoms with van der Waals surface area (Å²) in [6.07, 6.45) is 3.55. The highest BCUT2D eigenvalue weighted by Crippen LogP contribution is 2.02. The number of rotatable bonds is 8. The molecule has 0 aliphatic heterocycles. The molecule has 17 heavy (non-hydrogen) atoms. The topological polar surface area (TPSA) is 49.3 Å². The summed E-state index contributed by atoms with van der Waals surface area (Å²) in [5.74, 6) is -0.744. The van der Waals surface area contributed by atoms with Crippen LogP contribution < -0.4 is 5.32 Å². The number of benzene rings is 1. The second-order valence-corrected chi connectivity index (χ2v) is 4.22. The van der Waals surface area contributed by atoms with Gasteiger partial charge in [0, 0.05) is 0 Å². The molecule has 0 bridgehead atoms. The Bertz CT molecular complexity index is 324. The van der Waals surface area contributed by atoms with Crippen LogP contribution in [0.15, 0.2) is 30.3 Å². The van der Waals surface area contributed by atoms with Crippen LogP contribution in [0.25, 0.3) is 0 Å². The molecule has 0 amide bonds. The second kappa shape index (κ2) is 7.85. The fourth-order valence-corrected chi connectivity index (χ4v) is 1.82. The van der Waals surface area contributed by atoms with Crippen molar-refractivity contribution >= 4 is 5.97 Å². The first-order chi connectivity index (χ1) is 8.24. The van der Waals surface area contributed by atoms with E-state index in [0.717, 1.165) is 25.8 Å². The van der Waals surface area contributed by atoms with Crippen LogP contribution in [-0.4, -0.2) is 23.7 Å². The number of aliphatic carboxylic acids is 1. The predicted octanol–water partition coefficient (Wildman–Crippen LogP) is 2.46. The smallest absolute Gasteiger partial charge is 0.320 e. The van der Waals surface area contributed by atoms with Crippen molar-refractivity contribution in [2.75, 3.05) is 6.54 Å². The van der Waals surface area contributed by atoms with Crippen molar-refractivity contribution in [3.8, 4) is 0 Å². The maximum atomic E-state index is 10.9. The number of aryl methyl sites for hydroxylation is 1. The highest BCUT2D eigenvalue weighted by atomic mass is 16.4. The molecule has 1 unspecified atom stereocenters. The summed E-state index contributed by atoms with van der Waals surface area (Å²) in [6.45, 7) is 2.76. The van der Waals surface area contributed by atoms with Crippen molar-refractivity contribution in [1.29, 1.82) is 0 Å². The Balaban J connectivity index is 2.20. The molecule has 1 rings (SSSR count). The van der Waals surface area contributed by atoms with Crippen LogP contribution >= 0.6 is 0 Å². The Morgan fingerprint density at radius 1 is 1.35 bits per heavy atom. The van der Waals surface area contributed by atoms with Crippen molar-refractivity contribution in [3.63, 3.8) is 0 Å². The predicted molar refractivity (Wildman–Crippen MR) is 69.1 cm³/mol. The third-order valence-corrected chi connectivity index (χ3v) is 2.75. The van der Waals surface area contributed by atoms with Crippen molar-refractivity contribution in [1.82, 2.24) is 5.32 Å². The molecule has 3 heteroatoms. The fourth-order valence-electron chi connectivity index (χ4n) is 1.82. The van der Waals surface area contributed by atoms with Crippen LogP contribution in [0.4, 0.5) is 0 Å². The number of carboxylic acids is 1. The summed E-state index contributed by atoms with van der Waals surface area (Å²) in [6, 6.07) is 9.86. The van der Waals surface area contributed by atoms with Gasteiger partial charge in [-0.05, 0) is 31.4 Å². The average molecular weight is 235 g/mol. The first kappa shape index (κ1) is 13.7. The van der Waals surface area contributed by atoms with Gasteiger partial charge in [-0.25, -0.2) is 0 Å². The third-order valence-electron chi connectivity index (χ3n) is 2.75. The zero-order chi connectivity index (χ0) is 12.5. The van der Waals surface area contributed by atoms with E-state index in [1.165, 1.54) is 5.56 Å². The van der Waals surface area contributed by atoms with Gasteiger partial charge < -0.3 is 10.4 Å². The molecule has 0 heterocycles. The van der Waals surface area contributed by atoms with Gasteiger partial charge in [0.15, 0.2) is 0 Å². The summed E-state index contributed by atoms with van der Waals surface area (Å²) in [4.78, 5) is 10.9. The van der Waals surface area contributed by atoms with E-state index in [1.807, 2.05) is 25.1 Å². The van der Waals surface area contributed by atoms with Gasteiger partial charge in [0.25, 0.3) is 0 Å². The lowest BCUT2D eigenvalue weighted by Crippen LogP contribution is -2.37. The summed E-state index contributed by atoms with van der Waals surface area (Å²) in [7, 11) is 0. The average Bonchev–Trinajstić information content (AvgIpc) is 2.34.